The zero-order valence-electron chi connectivity index (χ0n) is 9.93. The summed E-state index contributed by atoms with van der Waals surface area (Å²) < 4.78 is 0. The first-order valence-corrected chi connectivity index (χ1v) is 5.46. The van der Waals surface area contributed by atoms with Gasteiger partial charge in [-0.15, -0.1) is 0 Å². The third-order valence-electron chi connectivity index (χ3n) is 2.34. The van der Waals surface area contributed by atoms with E-state index in [0.29, 0.717) is 6.04 Å². The molecule has 1 N–H and O–H groups in total. The molecule has 0 aromatic carbocycles. The normalized spacial score (nSPS) is 14.1. The number of hydrogen-bond donors (Lipinski definition) is 1. The molecular weight excluding hydrogens is 160 g/mol. The predicted molar refractivity (Wildman–Crippen MR) is 60.1 cm³/mol. The summed E-state index contributed by atoms with van der Waals surface area (Å²) in [4.78, 5) is 2.48. The Morgan fingerprint density at radius 1 is 1.31 bits per heavy atom. The van der Waals surface area contributed by atoms with E-state index in [2.05, 4.69) is 38.0 Å². The molecule has 0 aliphatic carbocycles. The summed E-state index contributed by atoms with van der Waals surface area (Å²) in [6.45, 7) is 9.12. The maximum absolute atomic E-state index is 3.27. The van der Waals surface area contributed by atoms with E-state index in [1.807, 2.05) is 7.05 Å². The molecule has 0 amide bonds. The second-order valence-corrected chi connectivity index (χ2v) is 4.33. The topological polar surface area (TPSA) is 15.3 Å². The Hall–Kier alpha value is -0.0800. The molecule has 0 heterocycles. The van der Waals surface area contributed by atoms with E-state index in [1.54, 1.807) is 0 Å². The molecule has 0 bridgehead atoms. The lowest BCUT2D eigenvalue weighted by molar-refractivity contribution is 0.203. The fourth-order valence-electron chi connectivity index (χ4n) is 1.77. The van der Waals surface area contributed by atoms with Crippen molar-refractivity contribution in [3.63, 3.8) is 0 Å². The lowest BCUT2D eigenvalue weighted by atomic mass is 10.1. The van der Waals surface area contributed by atoms with Gasteiger partial charge in [-0.1, -0.05) is 27.2 Å². The Bertz CT molecular complexity index is 107. The number of hydrogen-bond acceptors (Lipinski definition) is 2. The third-order valence-corrected chi connectivity index (χ3v) is 2.34. The number of nitrogens with zero attached hydrogens (tertiary/aromatic N) is 1. The van der Waals surface area contributed by atoms with Gasteiger partial charge in [-0.25, -0.2) is 0 Å². The van der Waals surface area contributed by atoms with Gasteiger partial charge in [0, 0.05) is 19.1 Å². The number of likely N-dealkylation sites (N-methyl/N-ethyl adjacent to an activating group) is 2. The van der Waals surface area contributed by atoms with Crippen molar-refractivity contribution in [2.24, 2.45) is 5.92 Å². The van der Waals surface area contributed by atoms with Gasteiger partial charge in [0.1, 0.15) is 0 Å². The molecule has 80 valence electrons. The Morgan fingerprint density at radius 3 is 2.31 bits per heavy atom. The largest absolute Gasteiger partial charge is 0.318 e. The van der Waals surface area contributed by atoms with Crippen molar-refractivity contribution in [1.82, 2.24) is 10.2 Å². The summed E-state index contributed by atoms with van der Waals surface area (Å²) in [5.74, 6) is 0.765. The maximum atomic E-state index is 3.27. The van der Waals surface area contributed by atoms with E-state index in [-0.39, 0.29) is 0 Å². The van der Waals surface area contributed by atoms with Gasteiger partial charge >= 0.3 is 0 Å². The van der Waals surface area contributed by atoms with Crippen molar-refractivity contribution in [2.45, 2.75) is 39.7 Å². The molecular formula is C11H26N2. The minimum atomic E-state index is 0.706. The van der Waals surface area contributed by atoms with E-state index in [9.17, 15) is 0 Å². The highest BCUT2D eigenvalue weighted by Crippen LogP contribution is 2.06. The Labute approximate surface area is 83.7 Å². The minimum Gasteiger partial charge on any atom is -0.318 e. The molecule has 0 aromatic heterocycles. The fraction of sp³-hybridized carbons (Fsp3) is 1.00. The zero-order valence-corrected chi connectivity index (χ0v) is 9.93. The molecule has 0 radical (unpaired) electrons. The molecule has 2 heteroatoms. The second-order valence-electron chi connectivity index (χ2n) is 4.33. The average molecular weight is 186 g/mol. The summed E-state index contributed by atoms with van der Waals surface area (Å²) in [6, 6.07) is 0.706. The average Bonchev–Trinajstić information content (AvgIpc) is 2.02. The summed E-state index contributed by atoms with van der Waals surface area (Å²) in [5, 5.41) is 3.27. The van der Waals surface area contributed by atoms with Crippen LogP contribution in [0.15, 0.2) is 0 Å². The van der Waals surface area contributed by atoms with Crippen LogP contribution < -0.4 is 5.32 Å². The standard InChI is InChI=1S/C11H26N2/c1-6-7-11(8-12-4)13(5)9-10(2)3/h10-12H,6-9H2,1-5H3. The van der Waals surface area contributed by atoms with Gasteiger partial charge in [-0.05, 0) is 26.4 Å². The molecule has 0 aliphatic heterocycles. The van der Waals surface area contributed by atoms with E-state index >= 15 is 0 Å². The SMILES string of the molecule is CCCC(CNC)N(C)CC(C)C. The van der Waals surface area contributed by atoms with E-state index < -0.39 is 0 Å². The lowest BCUT2D eigenvalue weighted by Gasteiger charge is -2.29. The Morgan fingerprint density at radius 2 is 1.92 bits per heavy atom. The van der Waals surface area contributed by atoms with Crippen LogP contribution in [-0.2, 0) is 0 Å². The zero-order chi connectivity index (χ0) is 10.3. The van der Waals surface area contributed by atoms with E-state index in [1.165, 1.54) is 19.4 Å². The van der Waals surface area contributed by atoms with Crippen LogP contribution in [0.5, 0.6) is 0 Å². The van der Waals surface area contributed by atoms with Crippen LogP contribution in [-0.4, -0.2) is 38.1 Å². The first-order valence-electron chi connectivity index (χ1n) is 5.46. The quantitative estimate of drug-likeness (QED) is 0.654. The van der Waals surface area contributed by atoms with Crippen LogP contribution in [0, 0.1) is 5.92 Å². The first-order chi connectivity index (χ1) is 6.11. The van der Waals surface area contributed by atoms with E-state index in [4.69, 9.17) is 0 Å². The molecule has 0 aromatic rings. The Balaban J connectivity index is 3.86. The highest BCUT2D eigenvalue weighted by atomic mass is 15.1. The van der Waals surface area contributed by atoms with Crippen LogP contribution in [0.3, 0.4) is 0 Å². The molecule has 0 saturated heterocycles. The third kappa shape index (κ3) is 6.05. The molecule has 0 spiro atoms. The van der Waals surface area contributed by atoms with Gasteiger partial charge < -0.3 is 10.2 Å². The molecule has 1 atom stereocenters. The van der Waals surface area contributed by atoms with Gasteiger partial charge in [0.05, 0.1) is 0 Å². The minimum absolute atomic E-state index is 0.706. The lowest BCUT2D eigenvalue weighted by Crippen LogP contribution is -2.40. The van der Waals surface area contributed by atoms with Gasteiger partial charge in [0.25, 0.3) is 0 Å². The highest BCUT2D eigenvalue weighted by molar-refractivity contribution is 4.70. The van der Waals surface area contributed by atoms with Gasteiger partial charge in [-0.3, -0.25) is 0 Å². The van der Waals surface area contributed by atoms with Gasteiger partial charge in [-0.2, -0.15) is 0 Å². The fourth-order valence-corrected chi connectivity index (χ4v) is 1.77. The molecule has 0 aliphatic rings. The highest BCUT2D eigenvalue weighted by Gasteiger charge is 2.13. The predicted octanol–water partition coefficient (Wildman–Crippen LogP) is 1.96. The summed E-state index contributed by atoms with van der Waals surface area (Å²) in [5.41, 5.74) is 0. The van der Waals surface area contributed by atoms with Crippen LogP contribution in [0.1, 0.15) is 33.6 Å². The number of nitrogens with one attached hydrogen (secondary N) is 1. The van der Waals surface area contributed by atoms with Gasteiger partial charge in [0.15, 0.2) is 0 Å². The van der Waals surface area contributed by atoms with Crippen molar-refractivity contribution in [1.29, 1.82) is 0 Å². The summed E-state index contributed by atoms with van der Waals surface area (Å²) in [7, 11) is 4.27. The molecule has 0 saturated carbocycles. The molecule has 13 heavy (non-hydrogen) atoms. The van der Waals surface area contributed by atoms with Crippen LogP contribution in [0.25, 0.3) is 0 Å². The monoisotopic (exact) mass is 186 g/mol. The summed E-state index contributed by atoms with van der Waals surface area (Å²) >= 11 is 0. The number of rotatable bonds is 7. The van der Waals surface area contributed by atoms with Crippen LogP contribution in [0.2, 0.25) is 0 Å². The second kappa shape index (κ2) is 7.34. The summed E-state index contributed by atoms with van der Waals surface area (Å²) in [6.07, 6.45) is 2.57. The Kier molecular flexibility index (Phi) is 7.29. The van der Waals surface area contributed by atoms with E-state index in [0.717, 1.165) is 12.5 Å². The molecule has 2 nitrogen and oxygen atoms in total. The van der Waals surface area contributed by atoms with Crippen molar-refractivity contribution in [3.05, 3.63) is 0 Å². The van der Waals surface area contributed by atoms with Crippen molar-refractivity contribution in [2.75, 3.05) is 27.2 Å². The van der Waals surface area contributed by atoms with Crippen molar-refractivity contribution in [3.8, 4) is 0 Å². The van der Waals surface area contributed by atoms with Crippen molar-refractivity contribution < 1.29 is 0 Å². The first kappa shape index (κ1) is 12.9. The van der Waals surface area contributed by atoms with Crippen LogP contribution in [0.4, 0.5) is 0 Å². The maximum Gasteiger partial charge on any atom is 0.0217 e. The smallest absolute Gasteiger partial charge is 0.0217 e. The molecule has 1 unspecified atom stereocenters. The van der Waals surface area contributed by atoms with Crippen LogP contribution >= 0.6 is 0 Å². The van der Waals surface area contributed by atoms with Crippen molar-refractivity contribution >= 4 is 0 Å². The molecule has 0 rings (SSSR count). The molecule has 0 fully saturated rings. The van der Waals surface area contributed by atoms with Gasteiger partial charge in [0.2, 0.25) is 0 Å².